The first-order valence-corrected chi connectivity index (χ1v) is 8.07. The van der Waals surface area contributed by atoms with E-state index < -0.39 is 10.0 Å². The summed E-state index contributed by atoms with van der Waals surface area (Å²) in [7, 11) is -3.49. The summed E-state index contributed by atoms with van der Waals surface area (Å²) in [5.41, 5.74) is 0.433. The van der Waals surface area contributed by atoms with Gasteiger partial charge in [0.05, 0.1) is 0 Å². The Morgan fingerprint density at radius 1 is 1.47 bits per heavy atom. The van der Waals surface area contributed by atoms with Gasteiger partial charge in [0.25, 0.3) is 0 Å². The number of aromatic nitrogens is 1. The van der Waals surface area contributed by atoms with E-state index in [2.05, 4.69) is 10.5 Å². The lowest BCUT2D eigenvalue weighted by atomic mass is 10.1. The van der Waals surface area contributed by atoms with Crippen LogP contribution in [0.15, 0.2) is 9.42 Å². The molecule has 1 aromatic heterocycles. The Hall–Kier alpha value is -0.920. The summed E-state index contributed by atoms with van der Waals surface area (Å²) >= 11 is 0. The van der Waals surface area contributed by atoms with Crippen LogP contribution in [0.1, 0.15) is 31.2 Å². The van der Waals surface area contributed by atoms with E-state index in [0.29, 0.717) is 24.5 Å². The van der Waals surface area contributed by atoms with Crippen molar-refractivity contribution in [2.24, 2.45) is 0 Å². The van der Waals surface area contributed by atoms with Gasteiger partial charge in [-0.3, -0.25) is 0 Å². The summed E-state index contributed by atoms with van der Waals surface area (Å²) in [6, 6.07) is 0.231. The molecular formula is C12H21N3O3S. The minimum Gasteiger partial charge on any atom is -0.360 e. The fourth-order valence-corrected chi connectivity index (χ4v) is 4.40. The molecule has 0 spiro atoms. The highest BCUT2D eigenvalue weighted by atomic mass is 32.2. The van der Waals surface area contributed by atoms with E-state index in [1.54, 1.807) is 13.8 Å². The normalized spacial score (nSPS) is 21.7. The van der Waals surface area contributed by atoms with Crippen LogP contribution in [0.3, 0.4) is 0 Å². The Morgan fingerprint density at radius 2 is 2.21 bits per heavy atom. The average Bonchev–Trinajstić information content (AvgIpc) is 2.70. The molecule has 1 aliphatic heterocycles. The molecule has 2 heterocycles. The van der Waals surface area contributed by atoms with Crippen LogP contribution in [0, 0.1) is 13.8 Å². The monoisotopic (exact) mass is 287 g/mol. The van der Waals surface area contributed by atoms with Crippen LogP contribution in [0.2, 0.25) is 0 Å². The van der Waals surface area contributed by atoms with Crippen molar-refractivity contribution in [3.63, 3.8) is 0 Å². The number of nitrogens with zero attached hydrogens (tertiary/aromatic N) is 2. The number of aryl methyl sites for hydroxylation is 2. The summed E-state index contributed by atoms with van der Waals surface area (Å²) in [5.74, 6) is 0.364. The van der Waals surface area contributed by atoms with E-state index in [4.69, 9.17) is 4.52 Å². The van der Waals surface area contributed by atoms with Crippen molar-refractivity contribution < 1.29 is 12.9 Å². The molecule has 0 aromatic carbocycles. The maximum absolute atomic E-state index is 12.6. The van der Waals surface area contributed by atoms with Gasteiger partial charge in [-0.05, 0) is 33.2 Å². The van der Waals surface area contributed by atoms with Crippen molar-refractivity contribution in [3.05, 3.63) is 11.5 Å². The van der Waals surface area contributed by atoms with E-state index >= 15 is 0 Å². The third-order valence-corrected chi connectivity index (χ3v) is 5.55. The second kappa shape index (κ2) is 5.60. The van der Waals surface area contributed by atoms with E-state index in [1.807, 2.05) is 6.92 Å². The first kappa shape index (κ1) is 14.5. The summed E-state index contributed by atoms with van der Waals surface area (Å²) in [6.07, 6.45) is 1.89. The van der Waals surface area contributed by atoms with Gasteiger partial charge in [-0.15, -0.1) is 0 Å². The Labute approximate surface area is 114 Å². The first-order chi connectivity index (χ1) is 8.96. The molecule has 1 N–H and O–H groups in total. The first-order valence-electron chi connectivity index (χ1n) is 6.63. The molecule has 7 heteroatoms. The van der Waals surface area contributed by atoms with Crippen LogP contribution in [-0.2, 0) is 10.0 Å². The molecule has 0 saturated carbocycles. The van der Waals surface area contributed by atoms with E-state index in [9.17, 15) is 8.42 Å². The maximum atomic E-state index is 12.6. The van der Waals surface area contributed by atoms with E-state index in [-0.39, 0.29) is 10.9 Å². The quantitative estimate of drug-likeness (QED) is 0.896. The number of hydrogen-bond acceptors (Lipinski definition) is 5. The summed E-state index contributed by atoms with van der Waals surface area (Å²) in [5, 5.41) is 7.05. The predicted molar refractivity (Wildman–Crippen MR) is 71.4 cm³/mol. The van der Waals surface area contributed by atoms with Crippen molar-refractivity contribution in [1.29, 1.82) is 0 Å². The van der Waals surface area contributed by atoms with Crippen molar-refractivity contribution in [3.8, 4) is 0 Å². The molecule has 0 radical (unpaired) electrons. The number of nitrogens with one attached hydrogen (secondary N) is 1. The summed E-state index contributed by atoms with van der Waals surface area (Å²) < 4.78 is 31.8. The van der Waals surface area contributed by atoms with Crippen LogP contribution in [-0.4, -0.2) is 43.6 Å². The lowest BCUT2D eigenvalue weighted by Gasteiger charge is -2.32. The molecule has 1 saturated heterocycles. The van der Waals surface area contributed by atoms with Crippen LogP contribution in [0.25, 0.3) is 0 Å². The number of hydrogen-bond donors (Lipinski definition) is 1. The third-order valence-electron chi connectivity index (χ3n) is 3.44. The molecule has 0 bridgehead atoms. The molecular weight excluding hydrogens is 266 g/mol. The Bertz CT molecular complexity index is 517. The minimum absolute atomic E-state index is 0.227. The van der Waals surface area contributed by atoms with Gasteiger partial charge in [0.1, 0.15) is 10.6 Å². The maximum Gasteiger partial charge on any atom is 0.248 e. The van der Waals surface area contributed by atoms with Gasteiger partial charge in [0, 0.05) is 19.1 Å². The number of rotatable bonds is 4. The third kappa shape index (κ3) is 2.82. The van der Waals surface area contributed by atoms with Gasteiger partial charge in [0.2, 0.25) is 10.0 Å². The number of piperidine rings is 1. The SMILES string of the molecule is CCNC1CCCN(S(=O)(=O)c2c(C)noc2C)C1. The van der Waals surface area contributed by atoms with Crippen molar-refractivity contribution in [1.82, 2.24) is 14.8 Å². The lowest BCUT2D eigenvalue weighted by molar-refractivity contribution is 0.286. The average molecular weight is 287 g/mol. The highest BCUT2D eigenvalue weighted by Gasteiger charge is 2.34. The molecule has 1 aliphatic rings. The molecule has 19 heavy (non-hydrogen) atoms. The highest BCUT2D eigenvalue weighted by molar-refractivity contribution is 7.89. The van der Waals surface area contributed by atoms with Crippen molar-refractivity contribution in [2.45, 2.75) is 44.6 Å². The van der Waals surface area contributed by atoms with Gasteiger partial charge in [-0.1, -0.05) is 12.1 Å². The Kier molecular flexibility index (Phi) is 4.27. The fraction of sp³-hybridized carbons (Fsp3) is 0.750. The zero-order chi connectivity index (χ0) is 14.0. The van der Waals surface area contributed by atoms with Crippen LogP contribution in [0.4, 0.5) is 0 Å². The van der Waals surface area contributed by atoms with Gasteiger partial charge >= 0.3 is 0 Å². The Morgan fingerprint density at radius 3 is 2.79 bits per heavy atom. The van der Waals surface area contributed by atoms with E-state index in [0.717, 1.165) is 19.4 Å². The summed E-state index contributed by atoms with van der Waals surface area (Å²) in [4.78, 5) is 0.227. The van der Waals surface area contributed by atoms with Gasteiger partial charge in [0.15, 0.2) is 5.76 Å². The lowest BCUT2D eigenvalue weighted by Crippen LogP contribution is -2.48. The highest BCUT2D eigenvalue weighted by Crippen LogP contribution is 2.25. The topological polar surface area (TPSA) is 75.4 Å². The van der Waals surface area contributed by atoms with Crippen LogP contribution >= 0.6 is 0 Å². The summed E-state index contributed by atoms with van der Waals surface area (Å²) in [6.45, 7) is 7.26. The molecule has 1 aromatic rings. The van der Waals surface area contributed by atoms with E-state index in [1.165, 1.54) is 4.31 Å². The number of sulfonamides is 1. The van der Waals surface area contributed by atoms with Gasteiger partial charge < -0.3 is 9.84 Å². The molecule has 1 atom stereocenters. The molecule has 2 rings (SSSR count). The smallest absolute Gasteiger partial charge is 0.248 e. The molecule has 1 fully saturated rings. The standard InChI is InChI=1S/C12H21N3O3S/c1-4-13-11-6-5-7-15(8-11)19(16,17)12-9(2)14-18-10(12)3/h11,13H,4-8H2,1-3H3. The molecule has 0 aliphatic carbocycles. The van der Waals surface area contributed by atoms with Gasteiger partial charge in [-0.25, -0.2) is 8.42 Å². The second-order valence-electron chi connectivity index (χ2n) is 4.91. The minimum atomic E-state index is -3.49. The predicted octanol–water partition coefficient (Wildman–Crippen LogP) is 1.05. The largest absolute Gasteiger partial charge is 0.360 e. The second-order valence-corrected chi connectivity index (χ2v) is 6.79. The van der Waals surface area contributed by atoms with Crippen LogP contribution in [0.5, 0.6) is 0 Å². The number of likely N-dealkylation sites (N-methyl/N-ethyl adjacent to an activating group) is 1. The molecule has 0 amide bonds. The zero-order valence-corrected chi connectivity index (χ0v) is 12.5. The van der Waals surface area contributed by atoms with Crippen molar-refractivity contribution in [2.75, 3.05) is 19.6 Å². The van der Waals surface area contributed by atoms with Crippen molar-refractivity contribution >= 4 is 10.0 Å². The molecule has 6 nitrogen and oxygen atoms in total. The Balaban J connectivity index is 2.25. The van der Waals surface area contributed by atoms with Gasteiger partial charge in [-0.2, -0.15) is 4.31 Å². The zero-order valence-electron chi connectivity index (χ0n) is 11.6. The molecule has 1 unspecified atom stereocenters. The fourth-order valence-electron chi connectivity index (χ4n) is 2.59. The van der Waals surface area contributed by atoms with Crippen LogP contribution < -0.4 is 5.32 Å². The molecule has 108 valence electrons.